The third-order valence-corrected chi connectivity index (χ3v) is 3.28. The number of imide groups is 1. The molecule has 0 saturated carbocycles. The Kier molecular flexibility index (Phi) is 6.24. The molecule has 3 amide bonds. The van der Waals surface area contributed by atoms with E-state index in [1.165, 1.54) is 12.1 Å². The first-order chi connectivity index (χ1) is 11.9. The number of esters is 1. The number of halogens is 1. The lowest BCUT2D eigenvalue weighted by atomic mass is 10.1. The van der Waals surface area contributed by atoms with Gasteiger partial charge in [-0.25, -0.2) is 9.59 Å². The second kappa shape index (κ2) is 8.39. The number of hydrogen-bond acceptors (Lipinski definition) is 6. The normalized spacial score (nSPS) is 14.9. The van der Waals surface area contributed by atoms with Crippen LogP contribution in [-0.2, 0) is 14.3 Å². The smallest absolute Gasteiger partial charge is 0.344 e. The summed E-state index contributed by atoms with van der Waals surface area (Å²) in [5.74, 6) is -0.575. The zero-order chi connectivity index (χ0) is 18.4. The van der Waals surface area contributed by atoms with Gasteiger partial charge in [-0.2, -0.15) is 0 Å². The average Bonchev–Trinajstić information content (AvgIpc) is 2.84. The van der Waals surface area contributed by atoms with Crippen LogP contribution in [0, 0.1) is 0 Å². The summed E-state index contributed by atoms with van der Waals surface area (Å²) in [7, 11) is 0. The number of amides is 3. The second-order valence-corrected chi connectivity index (χ2v) is 5.23. The molecule has 0 aliphatic carbocycles. The van der Waals surface area contributed by atoms with E-state index in [-0.39, 0.29) is 29.7 Å². The fourth-order valence-corrected chi connectivity index (χ4v) is 2.33. The summed E-state index contributed by atoms with van der Waals surface area (Å²) in [6.45, 7) is 3.74. The van der Waals surface area contributed by atoms with Gasteiger partial charge >= 0.3 is 12.0 Å². The van der Waals surface area contributed by atoms with Gasteiger partial charge in [0.05, 0.1) is 18.2 Å². The first-order valence-electron chi connectivity index (χ1n) is 7.53. The van der Waals surface area contributed by atoms with Gasteiger partial charge in [0.1, 0.15) is 5.70 Å². The standard InChI is InChI=1S/C16H17ClN2O6/c1-3-23-12-7-9(6-11-15(21)19-16(22)18-11)5-10(17)14(12)25-8-13(20)24-4-2/h5-7H,3-4,8H2,1-2H3,(H2,18,19,21,22)/b11-6+. The molecule has 2 rings (SSSR count). The number of rotatable bonds is 7. The van der Waals surface area contributed by atoms with E-state index in [2.05, 4.69) is 10.6 Å². The molecule has 1 fully saturated rings. The number of nitrogens with one attached hydrogen (secondary N) is 2. The van der Waals surface area contributed by atoms with Crippen molar-refractivity contribution < 1.29 is 28.6 Å². The number of hydrogen-bond donors (Lipinski definition) is 2. The molecule has 1 saturated heterocycles. The van der Waals surface area contributed by atoms with Gasteiger partial charge in [-0.05, 0) is 37.6 Å². The topological polar surface area (TPSA) is 103 Å². The van der Waals surface area contributed by atoms with E-state index < -0.39 is 17.9 Å². The summed E-state index contributed by atoms with van der Waals surface area (Å²) < 4.78 is 15.7. The van der Waals surface area contributed by atoms with E-state index in [1.807, 2.05) is 0 Å². The monoisotopic (exact) mass is 368 g/mol. The van der Waals surface area contributed by atoms with E-state index in [4.69, 9.17) is 25.8 Å². The molecule has 1 aromatic carbocycles. The van der Waals surface area contributed by atoms with Gasteiger partial charge in [-0.3, -0.25) is 10.1 Å². The highest BCUT2D eigenvalue weighted by Crippen LogP contribution is 2.37. The van der Waals surface area contributed by atoms with Crippen LogP contribution in [0.3, 0.4) is 0 Å². The summed E-state index contributed by atoms with van der Waals surface area (Å²) in [5, 5.41) is 4.66. The van der Waals surface area contributed by atoms with Gasteiger partial charge in [-0.1, -0.05) is 11.6 Å². The van der Waals surface area contributed by atoms with Crippen molar-refractivity contribution in [3.63, 3.8) is 0 Å². The highest BCUT2D eigenvalue weighted by Gasteiger charge is 2.23. The molecule has 25 heavy (non-hydrogen) atoms. The predicted octanol–water partition coefficient (Wildman–Crippen LogP) is 1.86. The zero-order valence-corrected chi connectivity index (χ0v) is 14.4. The van der Waals surface area contributed by atoms with Crippen molar-refractivity contribution in [2.75, 3.05) is 19.8 Å². The first kappa shape index (κ1) is 18.6. The maximum Gasteiger partial charge on any atom is 0.344 e. The third-order valence-electron chi connectivity index (χ3n) is 3.00. The average molecular weight is 369 g/mol. The minimum atomic E-state index is -0.596. The largest absolute Gasteiger partial charge is 0.490 e. The van der Waals surface area contributed by atoms with Crippen molar-refractivity contribution >= 4 is 35.6 Å². The summed E-state index contributed by atoms with van der Waals surface area (Å²) in [6.07, 6.45) is 1.45. The zero-order valence-electron chi connectivity index (χ0n) is 13.7. The lowest BCUT2D eigenvalue weighted by Crippen LogP contribution is -2.22. The van der Waals surface area contributed by atoms with Crippen LogP contribution in [0.1, 0.15) is 19.4 Å². The molecule has 134 valence electrons. The highest BCUT2D eigenvalue weighted by molar-refractivity contribution is 6.32. The van der Waals surface area contributed by atoms with E-state index in [0.717, 1.165) is 0 Å². The van der Waals surface area contributed by atoms with Crippen LogP contribution < -0.4 is 20.1 Å². The van der Waals surface area contributed by atoms with E-state index in [0.29, 0.717) is 17.9 Å². The fraction of sp³-hybridized carbons (Fsp3) is 0.312. The van der Waals surface area contributed by atoms with Gasteiger partial charge in [0.2, 0.25) is 0 Å². The van der Waals surface area contributed by atoms with Crippen molar-refractivity contribution in [2.24, 2.45) is 0 Å². The highest BCUT2D eigenvalue weighted by atomic mass is 35.5. The molecule has 0 aromatic heterocycles. The maximum atomic E-state index is 11.6. The van der Waals surface area contributed by atoms with Gasteiger partial charge in [0.25, 0.3) is 5.91 Å². The molecule has 0 unspecified atom stereocenters. The Morgan fingerprint density at radius 3 is 2.52 bits per heavy atom. The van der Waals surface area contributed by atoms with Gasteiger partial charge in [0, 0.05) is 0 Å². The SMILES string of the molecule is CCOC(=O)COc1c(Cl)cc(/C=C2/NC(=O)NC2=O)cc1OCC. The fourth-order valence-electron chi connectivity index (χ4n) is 2.06. The predicted molar refractivity (Wildman–Crippen MR) is 89.4 cm³/mol. The number of benzene rings is 1. The summed E-state index contributed by atoms with van der Waals surface area (Å²) in [5.41, 5.74) is 0.605. The van der Waals surface area contributed by atoms with Crippen molar-refractivity contribution in [2.45, 2.75) is 13.8 Å². The first-order valence-corrected chi connectivity index (χ1v) is 7.91. The number of urea groups is 1. The minimum absolute atomic E-state index is 0.0868. The van der Waals surface area contributed by atoms with Crippen LogP contribution in [0.2, 0.25) is 5.02 Å². The Bertz CT molecular complexity index is 732. The molecule has 0 bridgehead atoms. The summed E-state index contributed by atoms with van der Waals surface area (Å²) in [6, 6.07) is 2.51. The lowest BCUT2D eigenvalue weighted by molar-refractivity contribution is -0.145. The van der Waals surface area contributed by atoms with Crippen LogP contribution in [0.4, 0.5) is 4.79 Å². The Hall–Kier alpha value is -2.74. The summed E-state index contributed by atoms with van der Waals surface area (Å²) >= 11 is 6.21. The molecule has 9 heteroatoms. The third kappa shape index (κ3) is 4.87. The quantitative estimate of drug-likeness (QED) is 0.432. The van der Waals surface area contributed by atoms with E-state index >= 15 is 0 Å². The molecule has 2 N–H and O–H groups in total. The van der Waals surface area contributed by atoms with Crippen LogP contribution in [0.25, 0.3) is 6.08 Å². The second-order valence-electron chi connectivity index (χ2n) is 4.82. The molecular formula is C16H17ClN2O6. The molecule has 1 aliphatic rings. The van der Waals surface area contributed by atoms with Crippen LogP contribution in [0.5, 0.6) is 11.5 Å². The molecule has 0 atom stereocenters. The van der Waals surface area contributed by atoms with Crippen LogP contribution in [-0.4, -0.2) is 37.7 Å². The van der Waals surface area contributed by atoms with E-state index in [1.54, 1.807) is 19.9 Å². The molecule has 1 aromatic rings. The van der Waals surface area contributed by atoms with Crippen LogP contribution in [0.15, 0.2) is 17.8 Å². The van der Waals surface area contributed by atoms with Crippen molar-refractivity contribution in [1.29, 1.82) is 0 Å². The van der Waals surface area contributed by atoms with Gasteiger partial charge in [0.15, 0.2) is 18.1 Å². The van der Waals surface area contributed by atoms with E-state index in [9.17, 15) is 14.4 Å². The molecule has 1 aliphatic heterocycles. The Balaban J connectivity index is 2.27. The van der Waals surface area contributed by atoms with Crippen molar-refractivity contribution in [1.82, 2.24) is 10.6 Å². The Labute approximate surface area is 149 Å². The lowest BCUT2D eigenvalue weighted by Gasteiger charge is -2.14. The molecule has 1 heterocycles. The van der Waals surface area contributed by atoms with Gasteiger partial charge < -0.3 is 19.5 Å². The Morgan fingerprint density at radius 1 is 1.16 bits per heavy atom. The molecule has 0 spiro atoms. The van der Waals surface area contributed by atoms with Crippen molar-refractivity contribution in [3.8, 4) is 11.5 Å². The summed E-state index contributed by atoms with van der Waals surface area (Å²) in [4.78, 5) is 34.2. The number of carbonyl (C=O) groups is 3. The molecular weight excluding hydrogens is 352 g/mol. The number of carbonyl (C=O) groups excluding carboxylic acids is 3. The number of ether oxygens (including phenoxy) is 3. The molecule has 8 nitrogen and oxygen atoms in total. The maximum absolute atomic E-state index is 11.6. The van der Waals surface area contributed by atoms with Crippen molar-refractivity contribution in [3.05, 3.63) is 28.4 Å². The minimum Gasteiger partial charge on any atom is -0.490 e. The Morgan fingerprint density at radius 2 is 1.92 bits per heavy atom. The van der Waals surface area contributed by atoms with Gasteiger partial charge in [-0.15, -0.1) is 0 Å². The molecule has 0 radical (unpaired) electrons. The van der Waals surface area contributed by atoms with Crippen LogP contribution >= 0.6 is 11.6 Å².